The van der Waals surface area contributed by atoms with Crippen LogP contribution in [0.25, 0.3) is 0 Å². The number of anilines is 1. The highest BCUT2D eigenvalue weighted by atomic mass is 19.2. The summed E-state index contributed by atoms with van der Waals surface area (Å²) < 4.78 is 39.7. The van der Waals surface area contributed by atoms with E-state index in [1.165, 1.54) is 18.2 Å². The lowest BCUT2D eigenvalue weighted by Gasteiger charge is -2.26. The van der Waals surface area contributed by atoms with Gasteiger partial charge in [0.15, 0.2) is 11.6 Å². The Morgan fingerprint density at radius 3 is 2.64 bits per heavy atom. The molecule has 0 saturated heterocycles. The van der Waals surface area contributed by atoms with Crippen LogP contribution in [0.3, 0.4) is 0 Å². The van der Waals surface area contributed by atoms with Gasteiger partial charge in [0, 0.05) is 12.1 Å². The number of halogens is 3. The fourth-order valence-electron chi connectivity index (χ4n) is 2.85. The predicted octanol–water partition coefficient (Wildman–Crippen LogP) is 3.41. The molecular formula is C18H15F3N2O2. The van der Waals surface area contributed by atoms with E-state index in [-0.39, 0.29) is 12.1 Å². The molecule has 0 bridgehead atoms. The van der Waals surface area contributed by atoms with Crippen molar-refractivity contribution in [1.29, 1.82) is 0 Å². The first-order valence-electron chi connectivity index (χ1n) is 7.70. The molecule has 7 heteroatoms. The lowest BCUT2D eigenvalue weighted by atomic mass is 9.89. The monoisotopic (exact) mass is 348 g/mol. The van der Waals surface area contributed by atoms with Crippen molar-refractivity contribution in [3.05, 3.63) is 65.0 Å². The van der Waals surface area contributed by atoms with Gasteiger partial charge in [-0.1, -0.05) is 12.1 Å². The maximum Gasteiger partial charge on any atom is 0.228 e. The van der Waals surface area contributed by atoms with Crippen LogP contribution in [0.5, 0.6) is 0 Å². The topological polar surface area (TPSA) is 58.2 Å². The van der Waals surface area contributed by atoms with Crippen LogP contribution >= 0.6 is 0 Å². The summed E-state index contributed by atoms with van der Waals surface area (Å²) in [5.41, 5.74) is 1.17. The Morgan fingerprint density at radius 2 is 1.92 bits per heavy atom. The van der Waals surface area contributed by atoms with Crippen LogP contribution in [-0.2, 0) is 9.59 Å². The molecule has 1 aliphatic rings. The van der Waals surface area contributed by atoms with E-state index >= 15 is 0 Å². The molecule has 2 atom stereocenters. The number of carbonyl (C=O) groups excluding carboxylic acids is 2. The number of hydrogen-bond donors (Lipinski definition) is 2. The highest BCUT2D eigenvalue weighted by Gasteiger charge is 2.31. The molecule has 0 aromatic heterocycles. The van der Waals surface area contributed by atoms with Gasteiger partial charge in [-0.25, -0.2) is 13.2 Å². The summed E-state index contributed by atoms with van der Waals surface area (Å²) in [5.74, 6) is -4.11. The molecule has 0 fully saturated rings. The smallest absolute Gasteiger partial charge is 0.228 e. The van der Waals surface area contributed by atoms with Crippen molar-refractivity contribution in [2.24, 2.45) is 0 Å². The summed E-state index contributed by atoms with van der Waals surface area (Å²) in [5, 5.41) is 5.22. The van der Waals surface area contributed by atoms with Gasteiger partial charge in [0.2, 0.25) is 11.8 Å². The van der Waals surface area contributed by atoms with E-state index in [4.69, 9.17) is 0 Å². The molecule has 25 heavy (non-hydrogen) atoms. The van der Waals surface area contributed by atoms with Crippen molar-refractivity contribution in [2.75, 3.05) is 5.32 Å². The molecule has 130 valence electrons. The Bertz CT molecular complexity index is 854. The maximum absolute atomic E-state index is 13.3. The zero-order valence-corrected chi connectivity index (χ0v) is 13.3. The van der Waals surface area contributed by atoms with E-state index < -0.39 is 41.2 Å². The lowest BCUT2D eigenvalue weighted by molar-refractivity contribution is -0.126. The number of nitrogens with one attached hydrogen (secondary N) is 2. The van der Waals surface area contributed by atoms with Crippen molar-refractivity contribution < 1.29 is 22.8 Å². The molecule has 2 aromatic rings. The molecule has 3 rings (SSSR count). The van der Waals surface area contributed by atoms with Crippen LogP contribution in [0.1, 0.15) is 36.4 Å². The molecule has 0 aliphatic carbocycles. The van der Waals surface area contributed by atoms with Gasteiger partial charge in [0.1, 0.15) is 5.82 Å². The lowest BCUT2D eigenvalue weighted by Crippen LogP contribution is -2.36. The number of rotatable bonds is 3. The number of fused-ring (bicyclic) bond motifs is 1. The minimum Gasteiger partial charge on any atom is -0.349 e. The van der Waals surface area contributed by atoms with E-state index in [1.54, 1.807) is 6.92 Å². The van der Waals surface area contributed by atoms with Gasteiger partial charge in [0.05, 0.1) is 12.0 Å². The highest BCUT2D eigenvalue weighted by molar-refractivity contribution is 6.01. The van der Waals surface area contributed by atoms with Gasteiger partial charge >= 0.3 is 0 Å². The second-order valence-electron chi connectivity index (χ2n) is 5.94. The molecule has 1 heterocycles. The van der Waals surface area contributed by atoms with Gasteiger partial charge in [-0.15, -0.1) is 0 Å². The maximum atomic E-state index is 13.3. The number of benzene rings is 2. The fourth-order valence-corrected chi connectivity index (χ4v) is 2.85. The summed E-state index contributed by atoms with van der Waals surface area (Å²) in [4.78, 5) is 24.4. The first-order valence-corrected chi connectivity index (χ1v) is 7.70. The Labute approximate surface area is 142 Å². The van der Waals surface area contributed by atoms with E-state index in [0.29, 0.717) is 11.1 Å². The molecule has 2 N–H and O–H groups in total. The first kappa shape index (κ1) is 17.0. The second-order valence-corrected chi connectivity index (χ2v) is 5.94. The first-order chi connectivity index (χ1) is 11.8. The minimum absolute atomic E-state index is 0.0744. The van der Waals surface area contributed by atoms with Gasteiger partial charge in [0.25, 0.3) is 0 Å². The second kappa shape index (κ2) is 6.58. The van der Waals surface area contributed by atoms with Gasteiger partial charge < -0.3 is 10.6 Å². The Kier molecular flexibility index (Phi) is 4.48. The molecule has 2 unspecified atom stereocenters. The van der Waals surface area contributed by atoms with Crippen molar-refractivity contribution >= 4 is 17.5 Å². The van der Waals surface area contributed by atoms with Crippen LogP contribution in [-0.4, -0.2) is 11.8 Å². The van der Waals surface area contributed by atoms with Gasteiger partial charge in [-0.3, -0.25) is 9.59 Å². The highest BCUT2D eigenvalue weighted by Crippen LogP contribution is 2.33. The minimum atomic E-state index is -1.00. The van der Waals surface area contributed by atoms with Crippen molar-refractivity contribution in [2.45, 2.75) is 25.3 Å². The quantitative estimate of drug-likeness (QED) is 0.893. The molecule has 0 radical (unpaired) electrons. The summed E-state index contributed by atoms with van der Waals surface area (Å²) in [6.07, 6.45) is -0.0744. The molecular weight excluding hydrogens is 333 g/mol. The Hall–Kier alpha value is -2.83. The van der Waals surface area contributed by atoms with E-state index in [9.17, 15) is 22.8 Å². The molecule has 2 amide bonds. The van der Waals surface area contributed by atoms with Crippen LogP contribution in [0.4, 0.5) is 18.9 Å². The largest absolute Gasteiger partial charge is 0.349 e. The van der Waals surface area contributed by atoms with Crippen LogP contribution < -0.4 is 10.6 Å². The standard InChI is InChI=1S/C18H15F3N2O2/c1-9(10-2-5-14(20)15(21)6-10)22-18(25)13-8-17(24)23-16-7-11(19)3-4-12(13)16/h2-7,9,13H,8H2,1H3,(H,22,25)(H,23,24). The van der Waals surface area contributed by atoms with Gasteiger partial charge in [-0.05, 0) is 42.3 Å². The third-order valence-corrected chi connectivity index (χ3v) is 4.17. The number of amides is 2. The SMILES string of the molecule is CC(NC(=O)C1CC(=O)Nc2cc(F)ccc21)c1ccc(F)c(F)c1. The van der Waals surface area contributed by atoms with Crippen molar-refractivity contribution in [3.8, 4) is 0 Å². The van der Waals surface area contributed by atoms with E-state index in [0.717, 1.165) is 18.2 Å². The average Bonchev–Trinajstić information content (AvgIpc) is 2.56. The zero-order valence-electron chi connectivity index (χ0n) is 13.3. The molecule has 0 saturated carbocycles. The van der Waals surface area contributed by atoms with Crippen LogP contribution in [0, 0.1) is 17.5 Å². The predicted molar refractivity (Wildman–Crippen MR) is 85.3 cm³/mol. The zero-order chi connectivity index (χ0) is 18.1. The fraction of sp³-hybridized carbons (Fsp3) is 0.222. The Balaban J connectivity index is 1.81. The van der Waals surface area contributed by atoms with Crippen LogP contribution in [0.2, 0.25) is 0 Å². The third kappa shape index (κ3) is 3.50. The summed E-state index contributed by atoms with van der Waals surface area (Å²) in [6.45, 7) is 1.62. The molecule has 0 spiro atoms. The summed E-state index contributed by atoms with van der Waals surface area (Å²) in [6, 6.07) is 6.62. The average molecular weight is 348 g/mol. The summed E-state index contributed by atoms with van der Waals surface area (Å²) >= 11 is 0. The van der Waals surface area contributed by atoms with E-state index in [1.807, 2.05) is 0 Å². The van der Waals surface area contributed by atoms with Crippen LogP contribution in [0.15, 0.2) is 36.4 Å². The normalized spacial score (nSPS) is 17.4. The third-order valence-electron chi connectivity index (χ3n) is 4.17. The van der Waals surface area contributed by atoms with Crippen molar-refractivity contribution in [1.82, 2.24) is 5.32 Å². The van der Waals surface area contributed by atoms with E-state index in [2.05, 4.69) is 10.6 Å². The molecule has 1 aliphatic heterocycles. The van der Waals surface area contributed by atoms with Crippen molar-refractivity contribution in [3.63, 3.8) is 0 Å². The Morgan fingerprint density at radius 1 is 1.16 bits per heavy atom. The molecule has 4 nitrogen and oxygen atoms in total. The van der Waals surface area contributed by atoms with Gasteiger partial charge in [-0.2, -0.15) is 0 Å². The summed E-state index contributed by atoms with van der Waals surface area (Å²) in [7, 11) is 0. The number of carbonyl (C=O) groups is 2. The number of hydrogen-bond acceptors (Lipinski definition) is 2. The molecule has 2 aromatic carbocycles.